The summed E-state index contributed by atoms with van der Waals surface area (Å²) in [7, 11) is 0. The summed E-state index contributed by atoms with van der Waals surface area (Å²) in [5.41, 5.74) is 15.0. The third kappa shape index (κ3) is 20.0. The van der Waals surface area contributed by atoms with E-state index in [0.717, 1.165) is 47.8 Å². The molecule has 0 saturated heterocycles. The van der Waals surface area contributed by atoms with Gasteiger partial charge in [-0.15, -0.1) is 0 Å². The van der Waals surface area contributed by atoms with Crippen LogP contribution in [0.25, 0.3) is 44.3 Å². The van der Waals surface area contributed by atoms with Crippen LogP contribution in [0.2, 0.25) is 0 Å². The molecular formula is C76H120I2N4O2. The van der Waals surface area contributed by atoms with E-state index in [4.69, 9.17) is 19.6 Å². The maximum Gasteiger partial charge on any atom is 0.149 e. The third-order valence-electron chi connectivity index (χ3n) is 20.6. The highest BCUT2D eigenvalue weighted by Gasteiger charge is 2.50. The van der Waals surface area contributed by atoms with Crippen molar-refractivity contribution in [2.24, 2.45) is 0 Å². The molecule has 0 unspecified atom stereocenters. The highest BCUT2D eigenvalue weighted by atomic mass is 127. The quantitative estimate of drug-likeness (QED) is 0.0285. The van der Waals surface area contributed by atoms with Gasteiger partial charge in [-0.3, -0.25) is 0 Å². The first-order valence-corrected chi connectivity index (χ1v) is 38.7. The Morgan fingerprint density at radius 2 is 0.464 bits per heavy atom. The van der Waals surface area contributed by atoms with Crippen LogP contribution in [0.5, 0.6) is 0 Å². The van der Waals surface area contributed by atoms with Crippen LogP contribution in [0, 0.1) is 7.14 Å². The number of hydrogen-bond acceptors (Lipinski definition) is 6. The summed E-state index contributed by atoms with van der Waals surface area (Å²) in [5.74, 6) is 0. The molecule has 3 aromatic carbocycles. The van der Waals surface area contributed by atoms with Crippen molar-refractivity contribution in [1.82, 2.24) is 20.6 Å². The van der Waals surface area contributed by atoms with Crippen molar-refractivity contribution in [3.8, 4) is 22.3 Å². The molecule has 6 nitrogen and oxygen atoms in total. The Morgan fingerprint density at radius 3 is 0.690 bits per heavy atom. The molecule has 8 heteroatoms. The van der Waals surface area contributed by atoms with Crippen LogP contribution < -0.4 is 0 Å². The van der Waals surface area contributed by atoms with Gasteiger partial charge >= 0.3 is 0 Å². The molecule has 0 saturated carbocycles. The SMILES string of the molecule is CCCCCCCCCCCCCCC1(CCCCCCCCCCCCCC)c2cc3c(cc2-c2c1cc(I)c1nonc21)C(CCCCCCCCCCCCCC)(CCCCCCCCCCCCCC)c1cc(I)c2nonc2c1-3. The fourth-order valence-electron chi connectivity index (χ4n) is 15.6. The minimum Gasteiger partial charge on any atom is -0.243 e. The number of benzene rings is 3. The summed E-state index contributed by atoms with van der Waals surface area (Å²) < 4.78 is 13.9. The van der Waals surface area contributed by atoms with Gasteiger partial charge in [0.1, 0.15) is 22.1 Å². The number of unbranched alkanes of at least 4 members (excludes halogenated alkanes) is 44. The molecule has 2 aliphatic carbocycles. The normalized spacial score (nSPS) is 13.9. The van der Waals surface area contributed by atoms with Crippen molar-refractivity contribution in [2.75, 3.05) is 0 Å². The average molecular weight is 1380 g/mol. The Balaban J connectivity index is 1.19. The minimum atomic E-state index is -0.120. The summed E-state index contributed by atoms with van der Waals surface area (Å²) in [6.45, 7) is 9.29. The lowest BCUT2D eigenvalue weighted by atomic mass is 9.68. The van der Waals surface area contributed by atoms with Crippen molar-refractivity contribution < 1.29 is 9.26 Å². The predicted molar refractivity (Wildman–Crippen MR) is 378 cm³/mol. The molecule has 2 heterocycles. The smallest absolute Gasteiger partial charge is 0.149 e. The van der Waals surface area contributed by atoms with E-state index in [0.29, 0.717) is 0 Å². The highest BCUT2D eigenvalue weighted by Crippen LogP contribution is 2.63. The van der Waals surface area contributed by atoms with Crippen molar-refractivity contribution in [1.29, 1.82) is 0 Å². The van der Waals surface area contributed by atoms with Gasteiger partial charge in [0.2, 0.25) is 0 Å². The number of nitrogens with zero attached hydrogens (tertiary/aromatic N) is 4. The summed E-state index contributed by atoms with van der Waals surface area (Å²) in [6.07, 6.45) is 70.3. The van der Waals surface area contributed by atoms with Gasteiger partial charge in [0, 0.05) is 29.1 Å². The Hall–Kier alpha value is -2.08. The molecular weight excluding hydrogens is 1250 g/mol. The van der Waals surface area contributed by atoms with Crippen molar-refractivity contribution >= 4 is 67.2 Å². The van der Waals surface area contributed by atoms with Gasteiger partial charge in [-0.05, 0) is 149 Å². The Labute approximate surface area is 541 Å². The summed E-state index contributed by atoms with van der Waals surface area (Å²) in [4.78, 5) is 0. The summed E-state index contributed by atoms with van der Waals surface area (Å²) >= 11 is 5.10. The maximum atomic E-state index is 5.77. The summed E-state index contributed by atoms with van der Waals surface area (Å²) in [5, 5.41) is 19.0. The van der Waals surface area contributed by atoms with E-state index in [1.165, 1.54) is 360 Å². The van der Waals surface area contributed by atoms with Gasteiger partial charge in [-0.25, -0.2) is 9.26 Å². The van der Waals surface area contributed by atoms with E-state index in [9.17, 15) is 0 Å². The molecule has 0 bridgehead atoms. The fraction of sp³-hybridized carbons (Fsp3) is 0.763. The van der Waals surface area contributed by atoms with E-state index < -0.39 is 0 Å². The Morgan fingerprint density at radius 1 is 0.262 bits per heavy atom. The second kappa shape index (κ2) is 39.8. The third-order valence-corrected chi connectivity index (χ3v) is 22.2. The van der Waals surface area contributed by atoms with Crippen molar-refractivity contribution in [3.05, 3.63) is 53.7 Å². The van der Waals surface area contributed by atoms with Crippen LogP contribution in [0.4, 0.5) is 0 Å². The number of halogens is 2. The molecule has 0 N–H and O–H groups in total. The van der Waals surface area contributed by atoms with E-state index in [1.807, 2.05) is 0 Å². The van der Waals surface area contributed by atoms with Gasteiger partial charge < -0.3 is 0 Å². The summed E-state index contributed by atoms with van der Waals surface area (Å²) in [6, 6.07) is 10.6. The topological polar surface area (TPSA) is 77.8 Å². The fourth-order valence-corrected chi connectivity index (χ4v) is 16.9. The first-order valence-electron chi connectivity index (χ1n) is 36.6. The highest BCUT2D eigenvalue weighted by molar-refractivity contribution is 14.1. The molecule has 470 valence electrons. The predicted octanol–water partition coefficient (Wildman–Crippen LogP) is 26.9. The largest absolute Gasteiger partial charge is 0.243 e. The first kappa shape index (κ1) is 69.4. The lowest BCUT2D eigenvalue weighted by Crippen LogP contribution is -2.27. The molecule has 2 aromatic heterocycles. The monoisotopic (exact) mass is 1370 g/mol. The zero-order valence-corrected chi connectivity index (χ0v) is 58.8. The second-order valence-electron chi connectivity index (χ2n) is 27.1. The Bertz CT molecular complexity index is 2350. The van der Waals surface area contributed by atoms with Gasteiger partial charge in [0.05, 0.1) is 0 Å². The molecule has 0 amide bonds. The lowest BCUT2D eigenvalue weighted by Gasteiger charge is -2.35. The van der Waals surface area contributed by atoms with Crippen LogP contribution in [0.15, 0.2) is 33.5 Å². The zero-order chi connectivity index (χ0) is 58.9. The minimum absolute atomic E-state index is 0.120. The van der Waals surface area contributed by atoms with Gasteiger partial charge in [0.25, 0.3) is 0 Å². The van der Waals surface area contributed by atoms with Crippen molar-refractivity contribution in [2.45, 2.75) is 372 Å². The molecule has 0 atom stereocenters. The molecule has 0 fully saturated rings. The molecule has 5 aromatic rings. The molecule has 7 rings (SSSR count). The van der Waals surface area contributed by atoms with E-state index in [-0.39, 0.29) is 10.8 Å². The van der Waals surface area contributed by atoms with Gasteiger partial charge in [-0.1, -0.05) is 336 Å². The van der Waals surface area contributed by atoms with E-state index in [2.05, 4.69) is 107 Å². The number of fused-ring (bicyclic) bond motifs is 10. The van der Waals surface area contributed by atoms with Crippen LogP contribution in [0.1, 0.15) is 384 Å². The van der Waals surface area contributed by atoms with Crippen LogP contribution in [-0.4, -0.2) is 20.6 Å². The van der Waals surface area contributed by atoms with Crippen LogP contribution in [0.3, 0.4) is 0 Å². The number of hydrogen-bond donors (Lipinski definition) is 0. The average Bonchev–Trinajstić information content (AvgIpc) is 1.54. The van der Waals surface area contributed by atoms with Crippen molar-refractivity contribution in [3.63, 3.8) is 0 Å². The van der Waals surface area contributed by atoms with Gasteiger partial charge in [-0.2, -0.15) is 0 Å². The number of rotatable bonds is 52. The molecule has 84 heavy (non-hydrogen) atoms. The van der Waals surface area contributed by atoms with Crippen LogP contribution in [-0.2, 0) is 10.8 Å². The standard InChI is InChI=1S/C76H120I2N4O2/c1-5-9-13-17-21-25-29-33-37-41-45-49-53-75(54-50-46-42-38-34-30-26-22-18-14-10-6-2)63-57-62-64(58-61(63)69-65(75)59-67(77)71-73(69)81-83-79-71)76(66-60-68(78)72-74(70(62)66)82-84-80-72,55-51-47-43-39-35-31-27-23-19-15-11-7-3)56-52-48-44-40-36-32-28-24-20-16-12-8-4/h57-60H,5-56H2,1-4H3. The van der Waals surface area contributed by atoms with Gasteiger partial charge in [0.15, 0.2) is 0 Å². The first-order chi connectivity index (χ1) is 41.5. The molecule has 2 aliphatic rings. The Kier molecular flexibility index (Phi) is 32.9. The van der Waals surface area contributed by atoms with Crippen LogP contribution >= 0.6 is 45.2 Å². The molecule has 0 radical (unpaired) electrons. The van der Waals surface area contributed by atoms with E-state index >= 15 is 0 Å². The zero-order valence-electron chi connectivity index (χ0n) is 54.4. The van der Waals surface area contributed by atoms with E-state index in [1.54, 1.807) is 0 Å². The maximum absolute atomic E-state index is 5.77. The second-order valence-corrected chi connectivity index (χ2v) is 29.5. The molecule has 0 spiro atoms. The molecule has 0 aliphatic heterocycles. The lowest BCUT2D eigenvalue weighted by molar-refractivity contribution is 0.315. The number of aromatic nitrogens is 4.